The Morgan fingerprint density at radius 1 is 1.78 bits per heavy atom. The summed E-state index contributed by atoms with van der Waals surface area (Å²) >= 11 is 0. The van der Waals surface area contributed by atoms with Crippen molar-refractivity contribution >= 4 is 0 Å². The predicted octanol–water partition coefficient (Wildman–Crippen LogP) is 0.432. The summed E-state index contributed by atoms with van der Waals surface area (Å²) in [5, 5.41) is 9.14. The maximum Gasteiger partial charge on any atom is 0.231 e. The van der Waals surface area contributed by atoms with Crippen molar-refractivity contribution in [2.45, 2.75) is 24.5 Å². The van der Waals surface area contributed by atoms with Gasteiger partial charge in [0.25, 0.3) is 0 Å². The minimum absolute atomic E-state index is 0.0361. The van der Waals surface area contributed by atoms with Crippen molar-refractivity contribution in [1.82, 2.24) is 0 Å². The van der Waals surface area contributed by atoms with Gasteiger partial charge in [-0.05, 0) is 0 Å². The highest BCUT2D eigenvalue weighted by Gasteiger charge is 2.45. The Kier molecular flexibility index (Phi) is 1.20. The SMILES string of the molecule is [C-]#[N+]C1CC(O)(C#C)C1. The summed E-state index contributed by atoms with van der Waals surface area (Å²) in [6, 6.07) is -0.0361. The van der Waals surface area contributed by atoms with E-state index in [1.165, 1.54) is 0 Å². The van der Waals surface area contributed by atoms with E-state index in [4.69, 9.17) is 18.1 Å². The fraction of sp³-hybridized carbons (Fsp3) is 0.571. The van der Waals surface area contributed by atoms with E-state index in [9.17, 15) is 0 Å². The quantitative estimate of drug-likeness (QED) is 0.365. The molecule has 0 heterocycles. The zero-order valence-electron chi connectivity index (χ0n) is 4.96. The number of hydrogen-bond donors (Lipinski definition) is 1. The molecule has 1 aliphatic rings. The second-order valence-electron chi connectivity index (χ2n) is 2.37. The van der Waals surface area contributed by atoms with Crippen LogP contribution in [0.1, 0.15) is 12.8 Å². The van der Waals surface area contributed by atoms with Gasteiger partial charge in [-0.3, -0.25) is 0 Å². The van der Waals surface area contributed by atoms with Crippen LogP contribution in [0, 0.1) is 18.9 Å². The third kappa shape index (κ3) is 0.896. The number of terminal acetylenes is 1. The van der Waals surface area contributed by atoms with Crippen LogP contribution in [0.2, 0.25) is 0 Å². The number of aliphatic hydroxyl groups is 1. The Morgan fingerprint density at radius 2 is 2.33 bits per heavy atom. The maximum absolute atomic E-state index is 9.14. The van der Waals surface area contributed by atoms with E-state index < -0.39 is 5.60 Å². The second-order valence-corrected chi connectivity index (χ2v) is 2.37. The van der Waals surface area contributed by atoms with Crippen LogP contribution >= 0.6 is 0 Å². The van der Waals surface area contributed by atoms with Crippen molar-refractivity contribution < 1.29 is 5.11 Å². The van der Waals surface area contributed by atoms with E-state index in [0.717, 1.165) is 0 Å². The number of rotatable bonds is 0. The predicted molar refractivity (Wildman–Crippen MR) is 33.4 cm³/mol. The minimum Gasteiger partial charge on any atom is -0.377 e. The first kappa shape index (κ1) is 6.13. The van der Waals surface area contributed by atoms with Gasteiger partial charge in [0.2, 0.25) is 6.04 Å². The van der Waals surface area contributed by atoms with Crippen LogP contribution in [-0.4, -0.2) is 16.7 Å². The zero-order valence-corrected chi connectivity index (χ0v) is 4.96. The summed E-state index contributed by atoms with van der Waals surface area (Å²) in [5.41, 5.74) is -0.949. The molecule has 0 radical (unpaired) electrons. The summed E-state index contributed by atoms with van der Waals surface area (Å²) in [5.74, 6) is 2.25. The molecule has 0 aromatic heterocycles. The van der Waals surface area contributed by atoms with Crippen LogP contribution < -0.4 is 0 Å². The molecule has 2 heteroatoms. The molecule has 0 amide bonds. The summed E-state index contributed by atoms with van der Waals surface area (Å²) in [7, 11) is 0. The highest BCUT2D eigenvalue weighted by molar-refractivity contribution is 5.19. The van der Waals surface area contributed by atoms with Gasteiger partial charge in [0, 0.05) is 0 Å². The highest BCUT2D eigenvalue weighted by atomic mass is 16.3. The third-order valence-corrected chi connectivity index (χ3v) is 1.60. The Balaban J connectivity index is 2.46. The van der Waals surface area contributed by atoms with Gasteiger partial charge in [-0.2, -0.15) is 0 Å². The Hall–Kier alpha value is -0.990. The number of hydrogen-bond acceptors (Lipinski definition) is 1. The van der Waals surface area contributed by atoms with Crippen molar-refractivity contribution in [3.63, 3.8) is 0 Å². The average molecular weight is 121 g/mol. The number of nitrogens with zero attached hydrogens (tertiary/aromatic N) is 1. The van der Waals surface area contributed by atoms with E-state index in [1.807, 2.05) is 0 Å². The molecule has 0 aromatic rings. The smallest absolute Gasteiger partial charge is 0.231 e. The molecule has 0 spiro atoms. The molecule has 0 aliphatic heterocycles. The van der Waals surface area contributed by atoms with Crippen LogP contribution in [0.25, 0.3) is 4.85 Å². The van der Waals surface area contributed by atoms with E-state index in [0.29, 0.717) is 12.8 Å². The third-order valence-electron chi connectivity index (χ3n) is 1.60. The molecule has 1 saturated carbocycles. The second kappa shape index (κ2) is 1.76. The summed E-state index contributed by atoms with van der Waals surface area (Å²) in [6.45, 7) is 6.56. The van der Waals surface area contributed by atoms with Crippen LogP contribution in [0.4, 0.5) is 0 Å². The van der Waals surface area contributed by atoms with Crippen molar-refractivity contribution in [3.8, 4) is 12.3 Å². The molecule has 0 unspecified atom stereocenters. The standard InChI is InChI=1S/C7H7NO/c1-3-7(9)4-6(5-7)8-2/h1,6,9H,4-5H2. The van der Waals surface area contributed by atoms with Gasteiger partial charge in [-0.1, -0.05) is 5.92 Å². The Bertz CT molecular complexity index is 190. The fourth-order valence-corrected chi connectivity index (χ4v) is 0.929. The molecule has 9 heavy (non-hydrogen) atoms. The largest absolute Gasteiger partial charge is 0.377 e. The molecule has 46 valence electrons. The summed E-state index contributed by atoms with van der Waals surface area (Å²) < 4.78 is 0. The maximum atomic E-state index is 9.14. The molecule has 0 bridgehead atoms. The van der Waals surface area contributed by atoms with Gasteiger partial charge >= 0.3 is 0 Å². The average Bonchev–Trinajstić information content (AvgIpc) is 1.81. The topological polar surface area (TPSA) is 24.6 Å². The molecule has 0 aromatic carbocycles. The molecule has 2 nitrogen and oxygen atoms in total. The lowest BCUT2D eigenvalue weighted by molar-refractivity contribution is 0.0188. The summed E-state index contributed by atoms with van der Waals surface area (Å²) in [4.78, 5) is 3.23. The molecule has 1 N–H and O–H groups in total. The highest BCUT2D eigenvalue weighted by Crippen LogP contribution is 2.33. The van der Waals surface area contributed by atoms with Crippen LogP contribution in [-0.2, 0) is 0 Å². The zero-order chi connectivity index (χ0) is 6.91. The van der Waals surface area contributed by atoms with Gasteiger partial charge in [-0.25, -0.2) is 6.57 Å². The van der Waals surface area contributed by atoms with Gasteiger partial charge in [0.05, 0.1) is 12.8 Å². The fourth-order valence-electron chi connectivity index (χ4n) is 0.929. The van der Waals surface area contributed by atoms with Crippen molar-refractivity contribution in [2.75, 3.05) is 0 Å². The van der Waals surface area contributed by atoms with E-state index in [2.05, 4.69) is 10.8 Å². The molecule has 1 aliphatic carbocycles. The van der Waals surface area contributed by atoms with Crippen molar-refractivity contribution in [1.29, 1.82) is 0 Å². The van der Waals surface area contributed by atoms with E-state index >= 15 is 0 Å². The lowest BCUT2D eigenvalue weighted by Crippen LogP contribution is -2.44. The van der Waals surface area contributed by atoms with Gasteiger partial charge in [0.1, 0.15) is 5.60 Å². The molecule has 1 rings (SSSR count). The van der Waals surface area contributed by atoms with E-state index in [1.54, 1.807) is 0 Å². The lowest BCUT2D eigenvalue weighted by atomic mass is 9.77. The molecule has 1 fully saturated rings. The van der Waals surface area contributed by atoms with Gasteiger partial charge < -0.3 is 9.95 Å². The lowest BCUT2D eigenvalue weighted by Gasteiger charge is -2.31. The first-order valence-corrected chi connectivity index (χ1v) is 2.77. The monoisotopic (exact) mass is 121 g/mol. The minimum atomic E-state index is -0.949. The first-order chi connectivity index (χ1) is 4.20. The van der Waals surface area contributed by atoms with Crippen molar-refractivity contribution in [3.05, 3.63) is 11.4 Å². The Morgan fingerprint density at radius 3 is 2.67 bits per heavy atom. The molecule has 0 saturated heterocycles. The normalized spacial score (nSPS) is 40.1. The van der Waals surface area contributed by atoms with Crippen LogP contribution in [0.3, 0.4) is 0 Å². The van der Waals surface area contributed by atoms with Crippen molar-refractivity contribution in [2.24, 2.45) is 0 Å². The molecular weight excluding hydrogens is 114 g/mol. The van der Waals surface area contributed by atoms with E-state index in [-0.39, 0.29) is 6.04 Å². The Labute approximate surface area is 54.3 Å². The first-order valence-electron chi connectivity index (χ1n) is 2.77. The summed E-state index contributed by atoms with van der Waals surface area (Å²) in [6.07, 6.45) is 5.88. The van der Waals surface area contributed by atoms with Crippen LogP contribution in [0.5, 0.6) is 0 Å². The molecular formula is C7H7NO. The van der Waals surface area contributed by atoms with Gasteiger partial charge in [-0.15, -0.1) is 6.42 Å². The molecule has 0 atom stereocenters. The van der Waals surface area contributed by atoms with Gasteiger partial charge in [0.15, 0.2) is 0 Å². The van der Waals surface area contributed by atoms with Crippen LogP contribution in [0.15, 0.2) is 0 Å².